The molecule has 0 spiro atoms. The first-order valence-electron chi connectivity index (χ1n) is 10.7. The number of nitrogens with zero attached hydrogens (tertiary/aromatic N) is 5. The van der Waals surface area contributed by atoms with Crippen molar-refractivity contribution < 1.29 is 5.11 Å². The summed E-state index contributed by atoms with van der Waals surface area (Å²) in [6.45, 7) is 10.3. The molecule has 4 rings (SSSR count). The molecule has 29 heavy (non-hydrogen) atoms. The predicted molar refractivity (Wildman–Crippen MR) is 114 cm³/mol. The van der Waals surface area contributed by atoms with Gasteiger partial charge in [0.2, 0.25) is 5.95 Å². The highest BCUT2D eigenvalue weighted by Crippen LogP contribution is 2.41. The first-order valence-corrected chi connectivity index (χ1v) is 10.7. The Kier molecular flexibility index (Phi) is 5.42. The molecule has 7 nitrogen and oxygen atoms in total. The lowest BCUT2D eigenvalue weighted by molar-refractivity contribution is 0.145. The van der Waals surface area contributed by atoms with Gasteiger partial charge in [0.15, 0.2) is 0 Å². The Hall–Kier alpha value is -2.28. The minimum atomic E-state index is -0.194. The average Bonchev–Trinajstić information content (AvgIpc) is 2.66. The van der Waals surface area contributed by atoms with Gasteiger partial charge in [-0.2, -0.15) is 0 Å². The second-order valence-electron chi connectivity index (χ2n) is 9.18. The van der Waals surface area contributed by atoms with E-state index in [0.717, 1.165) is 74.2 Å². The van der Waals surface area contributed by atoms with Crippen LogP contribution in [-0.2, 0) is 12.8 Å². The molecule has 1 aliphatic carbocycles. The Labute approximate surface area is 173 Å². The normalized spacial score (nSPS) is 21.7. The van der Waals surface area contributed by atoms with E-state index in [9.17, 15) is 5.11 Å². The van der Waals surface area contributed by atoms with Crippen molar-refractivity contribution in [2.45, 2.75) is 71.9 Å². The van der Waals surface area contributed by atoms with E-state index in [4.69, 9.17) is 9.97 Å². The Balaban J connectivity index is 1.61. The maximum atomic E-state index is 9.78. The summed E-state index contributed by atoms with van der Waals surface area (Å²) in [4.78, 5) is 20.9. The highest BCUT2D eigenvalue weighted by molar-refractivity contribution is 5.43. The van der Waals surface area contributed by atoms with E-state index >= 15 is 0 Å². The molecule has 1 fully saturated rings. The van der Waals surface area contributed by atoms with Gasteiger partial charge in [0, 0.05) is 36.6 Å². The summed E-state index contributed by atoms with van der Waals surface area (Å²) in [6, 6.07) is 2.17. The summed E-state index contributed by atoms with van der Waals surface area (Å²) >= 11 is 0. The number of piperidine rings is 1. The van der Waals surface area contributed by atoms with Gasteiger partial charge in [0.05, 0.1) is 17.8 Å². The molecule has 0 bridgehead atoms. The molecule has 1 atom stereocenters. The van der Waals surface area contributed by atoms with Crippen LogP contribution in [0.1, 0.15) is 68.9 Å². The number of aromatic nitrogens is 4. The molecule has 0 aromatic carbocycles. The summed E-state index contributed by atoms with van der Waals surface area (Å²) in [7, 11) is 0. The van der Waals surface area contributed by atoms with Crippen LogP contribution in [0.15, 0.2) is 12.3 Å². The number of hydrogen-bond acceptors (Lipinski definition) is 7. The SMILES string of the molecule is CCc1cc(N[C@H]2CC(C)(C)Cc3nc(N4CCC(O)CC4)ncc32)nc(C)n1. The first-order chi connectivity index (χ1) is 13.8. The van der Waals surface area contributed by atoms with Crippen LogP contribution in [0.25, 0.3) is 0 Å². The molecule has 0 unspecified atom stereocenters. The quantitative estimate of drug-likeness (QED) is 0.820. The number of fused-ring (bicyclic) bond motifs is 1. The maximum absolute atomic E-state index is 9.78. The monoisotopic (exact) mass is 396 g/mol. The number of hydrogen-bond donors (Lipinski definition) is 2. The first kappa shape index (κ1) is 20.0. The highest BCUT2D eigenvalue weighted by atomic mass is 16.3. The number of aliphatic hydroxyl groups excluding tert-OH is 1. The van der Waals surface area contributed by atoms with Gasteiger partial charge in [-0.25, -0.2) is 19.9 Å². The maximum Gasteiger partial charge on any atom is 0.225 e. The zero-order chi connectivity index (χ0) is 20.6. The molecule has 0 saturated carbocycles. The molecular formula is C22H32N6O. The third kappa shape index (κ3) is 4.50. The number of nitrogens with one attached hydrogen (secondary N) is 1. The van der Waals surface area contributed by atoms with Gasteiger partial charge in [0.25, 0.3) is 0 Å². The van der Waals surface area contributed by atoms with Gasteiger partial charge < -0.3 is 15.3 Å². The molecule has 0 radical (unpaired) electrons. The van der Waals surface area contributed by atoms with Crippen LogP contribution in [0.2, 0.25) is 0 Å². The van der Waals surface area contributed by atoms with Crippen molar-refractivity contribution in [1.82, 2.24) is 19.9 Å². The van der Waals surface area contributed by atoms with E-state index in [1.807, 2.05) is 19.2 Å². The number of rotatable bonds is 4. The fourth-order valence-electron chi connectivity index (χ4n) is 4.45. The molecule has 1 saturated heterocycles. The molecule has 2 N–H and O–H groups in total. The smallest absolute Gasteiger partial charge is 0.225 e. The summed E-state index contributed by atoms with van der Waals surface area (Å²) in [5, 5.41) is 13.4. The van der Waals surface area contributed by atoms with Gasteiger partial charge in [-0.1, -0.05) is 20.8 Å². The second kappa shape index (κ2) is 7.86. The average molecular weight is 397 g/mol. The summed E-state index contributed by atoms with van der Waals surface area (Å²) < 4.78 is 0. The lowest BCUT2D eigenvalue weighted by Crippen LogP contribution is -2.38. The lowest BCUT2D eigenvalue weighted by atomic mass is 9.74. The Morgan fingerprint density at radius 1 is 1.21 bits per heavy atom. The Bertz CT molecular complexity index is 876. The topological polar surface area (TPSA) is 87.1 Å². The van der Waals surface area contributed by atoms with Crippen molar-refractivity contribution in [2.75, 3.05) is 23.3 Å². The van der Waals surface area contributed by atoms with E-state index in [2.05, 4.69) is 41.0 Å². The molecule has 156 valence electrons. The van der Waals surface area contributed by atoms with Crippen LogP contribution in [0.5, 0.6) is 0 Å². The molecule has 2 aromatic rings. The summed E-state index contributed by atoms with van der Waals surface area (Å²) in [5.41, 5.74) is 3.48. The van der Waals surface area contributed by atoms with Crippen molar-refractivity contribution in [2.24, 2.45) is 5.41 Å². The summed E-state index contributed by atoms with van der Waals surface area (Å²) in [5.74, 6) is 2.45. The zero-order valence-electron chi connectivity index (χ0n) is 17.9. The van der Waals surface area contributed by atoms with Crippen molar-refractivity contribution in [3.8, 4) is 0 Å². The van der Waals surface area contributed by atoms with Crippen molar-refractivity contribution in [3.63, 3.8) is 0 Å². The third-order valence-corrected chi connectivity index (χ3v) is 5.99. The van der Waals surface area contributed by atoms with Crippen LogP contribution in [0, 0.1) is 12.3 Å². The lowest BCUT2D eigenvalue weighted by Gasteiger charge is -2.37. The molecule has 0 amide bonds. The van der Waals surface area contributed by atoms with E-state index in [1.165, 1.54) is 5.56 Å². The van der Waals surface area contributed by atoms with Crippen LogP contribution < -0.4 is 10.2 Å². The van der Waals surface area contributed by atoms with E-state index < -0.39 is 0 Å². The standard InChI is InChI=1S/C22H32N6O/c1-5-15-10-20(25-14(2)24-15)26-18-11-22(3,4)12-19-17(18)13-23-21(27-19)28-8-6-16(29)7-9-28/h10,13,16,18,29H,5-9,11-12H2,1-4H3,(H,24,25,26)/t18-/m0/s1. The second-order valence-corrected chi connectivity index (χ2v) is 9.18. The molecule has 3 heterocycles. The minimum absolute atomic E-state index is 0.130. The molecular weight excluding hydrogens is 364 g/mol. The molecule has 2 aliphatic rings. The van der Waals surface area contributed by atoms with Crippen LogP contribution in [-0.4, -0.2) is 44.2 Å². The van der Waals surface area contributed by atoms with E-state index in [-0.39, 0.29) is 17.6 Å². The van der Waals surface area contributed by atoms with Crippen molar-refractivity contribution in [3.05, 3.63) is 35.0 Å². The fourth-order valence-corrected chi connectivity index (χ4v) is 4.45. The van der Waals surface area contributed by atoms with Gasteiger partial charge in [-0.3, -0.25) is 0 Å². The van der Waals surface area contributed by atoms with Crippen LogP contribution in [0.4, 0.5) is 11.8 Å². The third-order valence-electron chi connectivity index (χ3n) is 5.99. The van der Waals surface area contributed by atoms with Gasteiger partial charge in [0.1, 0.15) is 11.6 Å². The number of aryl methyl sites for hydroxylation is 2. The number of anilines is 2. The molecule has 2 aromatic heterocycles. The van der Waals surface area contributed by atoms with Crippen LogP contribution in [0.3, 0.4) is 0 Å². The van der Waals surface area contributed by atoms with Crippen LogP contribution >= 0.6 is 0 Å². The fraction of sp³-hybridized carbons (Fsp3) is 0.636. The summed E-state index contributed by atoms with van der Waals surface area (Å²) in [6.07, 6.45) is 6.19. The molecule has 7 heteroatoms. The minimum Gasteiger partial charge on any atom is -0.393 e. The Morgan fingerprint density at radius 2 is 1.97 bits per heavy atom. The van der Waals surface area contributed by atoms with E-state index in [1.54, 1.807) is 0 Å². The van der Waals surface area contributed by atoms with Gasteiger partial charge >= 0.3 is 0 Å². The highest BCUT2D eigenvalue weighted by Gasteiger charge is 2.34. The van der Waals surface area contributed by atoms with Gasteiger partial charge in [-0.05, 0) is 44.4 Å². The van der Waals surface area contributed by atoms with Crippen molar-refractivity contribution in [1.29, 1.82) is 0 Å². The number of aliphatic hydroxyl groups is 1. The zero-order valence-corrected chi connectivity index (χ0v) is 17.9. The largest absolute Gasteiger partial charge is 0.393 e. The van der Waals surface area contributed by atoms with Gasteiger partial charge in [-0.15, -0.1) is 0 Å². The predicted octanol–water partition coefficient (Wildman–Crippen LogP) is 3.22. The van der Waals surface area contributed by atoms with Crippen molar-refractivity contribution >= 4 is 11.8 Å². The molecule has 1 aliphatic heterocycles. The van der Waals surface area contributed by atoms with E-state index in [0.29, 0.717) is 0 Å². The Morgan fingerprint density at radius 3 is 2.69 bits per heavy atom.